The number of fused-ring (bicyclic) bond motifs is 13. The van der Waals surface area contributed by atoms with Gasteiger partial charge in [-0.3, -0.25) is 0 Å². The van der Waals surface area contributed by atoms with Crippen LogP contribution in [0.15, 0.2) is 176 Å². The Morgan fingerprint density at radius 2 is 0.913 bits per heavy atom. The highest BCUT2D eigenvalue weighted by Gasteiger charge is 2.52. The van der Waals surface area contributed by atoms with Crippen molar-refractivity contribution in [1.29, 1.82) is 0 Å². The van der Waals surface area contributed by atoms with E-state index in [9.17, 15) is 0 Å². The summed E-state index contributed by atoms with van der Waals surface area (Å²) in [6.45, 7) is 0. The first-order valence-corrected chi connectivity index (χ1v) is 16.0. The number of benzene rings is 8. The molecule has 0 aliphatic heterocycles. The standard InChI is InChI=1S/C45H29N/c1-2-16-32(17-3-1)46(43-24-12-15-30-13-4-6-18-34(30)43)33-26-28-38-36-20-8-10-22-40(36)45(42(38)29-33)41-23-11-9-21-37(41)39-27-25-31-14-5-7-19-35(31)44(39)45/h1-29H. The average molecular weight is 584 g/mol. The van der Waals surface area contributed by atoms with E-state index in [0.29, 0.717) is 0 Å². The first-order valence-electron chi connectivity index (χ1n) is 16.0. The Morgan fingerprint density at radius 3 is 1.70 bits per heavy atom. The number of hydrogen-bond donors (Lipinski definition) is 0. The molecule has 1 nitrogen and oxygen atoms in total. The van der Waals surface area contributed by atoms with Crippen LogP contribution in [0.25, 0.3) is 43.8 Å². The number of nitrogens with zero attached hydrogens (tertiary/aromatic N) is 1. The van der Waals surface area contributed by atoms with Gasteiger partial charge >= 0.3 is 0 Å². The summed E-state index contributed by atoms with van der Waals surface area (Å²) in [4.78, 5) is 2.43. The van der Waals surface area contributed by atoms with Crippen LogP contribution in [0.2, 0.25) is 0 Å². The lowest BCUT2D eigenvalue weighted by molar-refractivity contribution is 0.801. The van der Waals surface area contributed by atoms with Crippen LogP contribution in [0.4, 0.5) is 17.1 Å². The lowest BCUT2D eigenvalue weighted by atomic mass is 9.69. The van der Waals surface area contributed by atoms with Gasteiger partial charge in [0.1, 0.15) is 0 Å². The second-order valence-electron chi connectivity index (χ2n) is 12.4. The Morgan fingerprint density at radius 1 is 0.348 bits per heavy atom. The molecular weight excluding hydrogens is 555 g/mol. The van der Waals surface area contributed by atoms with E-state index in [2.05, 4.69) is 181 Å². The lowest BCUT2D eigenvalue weighted by Gasteiger charge is -2.33. The summed E-state index contributed by atoms with van der Waals surface area (Å²) in [7, 11) is 0. The molecule has 0 N–H and O–H groups in total. The van der Waals surface area contributed by atoms with Crippen molar-refractivity contribution in [2.45, 2.75) is 5.41 Å². The maximum atomic E-state index is 2.48. The molecule has 8 aromatic rings. The van der Waals surface area contributed by atoms with Gasteiger partial charge in [0.15, 0.2) is 0 Å². The predicted molar refractivity (Wildman–Crippen MR) is 192 cm³/mol. The fraction of sp³-hybridized carbons (Fsp3) is 0.0222. The van der Waals surface area contributed by atoms with Gasteiger partial charge in [-0.05, 0) is 91.0 Å². The highest BCUT2D eigenvalue weighted by molar-refractivity contribution is 6.05. The third-order valence-corrected chi connectivity index (χ3v) is 10.2. The van der Waals surface area contributed by atoms with Gasteiger partial charge in [0.2, 0.25) is 0 Å². The fourth-order valence-corrected chi connectivity index (χ4v) is 8.45. The van der Waals surface area contributed by atoms with Gasteiger partial charge in [-0.25, -0.2) is 0 Å². The quantitative estimate of drug-likeness (QED) is 0.200. The third-order valence-electron chi connectivity index (χ3n) is 10.2. The van der Waals surface area contributed by atoms with E-state index in [0.717, 1.165) is 11.4 Å². The molecular formula is C45H29N. The van der Waals surface area contributed by atoms with E-state index in [1.807, 2.05) is 0 Å². The summed E-state index contributed by atoms with van der Waals surface area (Å²) in [6, 6.07) is 65.0. The SMILES string of the molecule is c1ccc(N(c2ccc3c(c2)C2(c4ccccc4-3)c3ccccc3-c3ccc4ccccc4c32)c2cccc3ccccc23)cc1. The average Bonchev–Trinajstić information content (AvgIpc) is 3.59. The largest absolute Gasteiger partial charge is 0.310 e. The van der Waals surface area contributed by atoms with E-state index in [1.165, 1.54) is 71.7 Å². The molecule has 214 valence electrons. The maximum absolute atomic E-state index is 2.48. The van der Waals surface area contributed by atoms with E-state index in [4.69, 9.17) is 0 Å². The van der Waals surface area contributed by atoms with Gasteiger partial charge in [0.05, 0.1) is 11.1 Å². The molecule has 0 aromatic heterocycles. The zero-order chi connectivity index (χ0) is 30.2. The van der Waals surface area contributed by atoms with Crippen molar-refractivity contribution in [1.82, 2.24) is 0 Å². The molecule has 0 saturated heterocycles. The Hall–Kier alpha value is -5.92. The zero-order valence-corrected chi connectivity index (χ0v) is 25.2. The van der Waals surface area contributed by atoms with Crippen LogP contribution in [0.3, 0.4) is 0 Å². The predicted octanol–water partition coefficient (Wildman–Crippen LogP) is 11.8. The van der Waals surface area contributed by atoms with Crippen molar-refractivity contribution in [2.75, 3.05) is 4.90 Å². The summed E-state index contributed by atoms with van der Waals surface area (Å²) >= 11 is 0. The molecule has 46 heavy (non-hydrogen) atoms. The summed E-state index contributed by atoms with van der Waals surface area (Å²) in [6.07, 6.45) is 0. The highest BCUT2D eigenvalue weighted by atomic mass is 15.1. The zero-order valence-electron chi connectivity index (χ0n) is 25.2. The molecule has 1 heteroatoms. The first kappa shape index (κ1) is 25.4. The smallest absolute Gasteiger partial charge is 0.0732 e. The van der Waals surface area contributed by atoms with Crippen LogP contribution in [0.5, 0.6) is 0 Å². The monoisotopic (exact) mass is 583 g/mol. The Labute approximate surface area is 268 Å². The van der Waals surface area contributed by atoms with Crippen LogP contribution < -0.4 is 4.90 Å². The van der Waals surface area contributed by atoms with Gasteiger partial charge in [0, 0.05) is 16.8 Å². The first-order chi connectivity index (χ1) is 22.8. The lowest BCUT2D eigenvalue weighted by Crippen LogP contribution is -2.26. The molecule has 0 saturated carbocycles. The van der Waals surface area contributed by atoms with Crippen LogP contribution in [0, 0.1) is 0 Å². The Balaban J connectivity index is 1.33. The number of rotatable bonds is 3. The molecule has 0 heterocycles. The van der Waals surface area contributed by atoms with Crippen molar-refractivity contribution in [3.8, 4) is 22.3 Å². The fourth-order valence-electron chi connectivity index (χ4n) is 8.45. The van der Waals surface area contributed by atoms with Gasteiger partial charge in [-0.2, -0.15) is 0 Å². The van der Waals surface area contributed by atoms with E-state index in [1.54, 1.807) is 0 Å². The molecule has 2 aliphatic rings. The number of hydrogen-bond acceptors (Lipinski definition) is 1. The van der Waals surface area contributed by atoms with E-state index >= 15 is 0 Å². The second-order valence-corrected chi connectivity index (χ2v) is 12.4. The third kappa shape index (κ3) is 3.29. The van der Waals surface area contributed by atoms with E-state index in [-0.39, 0.29) is 0 Å². The molecule has 10 rings (SSSR count). The van der Waals surface area contributed by atoms with Gasteiger partial charge in [0.25, 0.3) is 0 Å². The van der Waals surface area contributed by atoms with Gasteiger partial charge in [-0.1, -0.05) is 146 Å². The summed E-state index contributed by atoms with van der Waals surface area (Å²) in [5.41, 5.74) is 13.8. The molecule has 1 unspecified atom stereocenters. The molecule has 0 fully saturated rings. The Kier molecular flexibility index (Phi) is 5.27. The minimum Gasteiger partial charge on any atom is -0.310 e. The van der Waals surface area contributed by atoms with Crippen molar-refractivity contribution < 1.29 is 0 Å². The van der Waals surface area contributed by atoms with Gasteiger partial charge < -0.3 is 4.90 Å². The number of anilines is 3. The van der Waals surface area contributed by atoms with Crippen LogP contribution in [-0.2, 0) is 5.41 Å². The molecule has 1 spiro atoms. The normalized spacial score (nSPS) is 15.5. The summed E-state index contributed by atoms with van der Waals surface area (Å²) < 4.78 is 0. The number of para-hydroxylation sites is 1. The van der Waals surface area contributed by atoms with Crippen LogP contribution in [0.1, 0.15) is 22.3 Å². The molecule has 0 radical (unpaired) electrons. The topological polar surface area (TPSA) is 3.24 Å². The van der Waals surface area contributed by atoms with Crippen molar-refractivity contribution in [2.24, 2.45) is 0 Å². The molecule has 2 aliphatic carbocycles. The maximum Gasteiger partial charge on any atom is 0.0732 e. The minimum atomic E-state index is -0.435. The minimum absolute atomic E-state index is 0.435. The molecule has 0 bridgehead atoms. The van der Waals surface area contributed by atoms with Crippen LogP contribution >= 0.6 is 0 Å². The van der Waals surface area contributed by atoms with Crippen molar-refractivity contribution >= 4 is 38.6 Å². The van der Waals surface area contributed by atoms with Crippen molar-refractivity contribution in [3.63, 3.8) is 0 Å². The summed E-state index contributed by atoms with van der Waals surface area (Å²) in [5, 5.41) is 5.06. The summed E-state index contributed by atoms with van der Waals surface area (Å²) in [5.74, 6) is 0. The van der Waals surface area contributed by atoms with E-state index < -0.39 is 5.41 Å². The Bertz CT molecular complexity index is 2470. The molecule has 0 amide bonds. The highest BCUT2D eigenvalue weighted by Crippen LogP contribution is 2.64. The van der Waals surface area contributed by atoms with Crippen molar-refractivity contribution in [3.05, 3.63) is 198 Å². The van der Waals surface area contributed by atoms with Crippen LogP contribution in [-0.4, -0.2) is 0 Å². The molecule has 1 atom stereocenters. The second kappa shape index (κ2) is 9.54. The van der Waals surface area contributed by atoms with Gasteiger partial charge in [-0.15, -0.1) is 0 Å². The molecule has 8 aromatic carbocycles.